The summed E-state index contributed by atoms with van der Waals surface area (Å²) in [4.78, 5) is 11.9. The van der Waals surface area contributed by atoms with E-state index in [1.165, 1.54) is 6.07 Å². The van der Waals surface area contributed by atoms with Gasteiger partial charge in [-0.15, -0.1) is 0 Å². The number of halogens is 2. The smallest absolute Gasteiger partial charge is 0.228 e. The fourth-order valence-electron chi connectivity index (χ4n) is 1.52. The molecule has 2 nitrogen and oxygen atoms in total. The third-order valence-electron chi connectivity index (χ3n) is 2.36. The van der Waals surface area contributed by atoms with E-state index in [2.05, 4.69) is 0 Å². The number of hydrogen-bond acceptors (Lipinski definition) is 2. The van der Waals surface area contributed by atoms with Crippen LogP contribution >= 0.6 is 0 Å². The first-order valence-electron chi connectivity index (χ1n) is 5.19. The summed E-state index contributed by atoms with van der Waals surface area (Å²) in [5.41, 5.74) is -0.0560. The fourth-order valence-corrected chi connectivity index (χ4v) is 1.52. The van der Waals surface area contributed by atoms with Crippen molar-refractivity contribution in [2.24, 2.45) is 0 Å². The van der Waals surface area contributed by atoms with Crippen LogP contribution in [-0.2, 0) is 6.42 Å². The van der Waals surface area contributed by atoms with Crippen LogP contribution in [0.3, 0.4) is 0 Å². The average molecular weight is 236 g/mol. The molecule has 0 radical (unpaired) electrons. The quantitative estimate of drug-likeness (QED) is 0.765. The van der Waals surface area contributed by atoms with Gasteiger partial charge in [0.15, 0.2) is 5.76 Å². The zero-order chi connectivity index (χ0) is 12.4. The summed E-state index contributed by atoms with van der Waals surface area (Å²) in [6.45, 7) is 1.88. The molecule has 1 heterocycles. The van der Waals surface area contributed by atoms with Crippen LogP contribution in [0, 0.1) is 11.6 Å². The van der Waals surface area contributed by atoms with E-state index in [1.807, 2.05) is 6.92 Å². The van der Waals surface area contributed by atoms with Crippen LogP contribution in [0.5, 0.6) is 0 Å². The van der Waals surface area contributed by atoms with Crippen molar-refractivity contribution in [1.29, 1.82) is 0 Å². The number of furan rings is 1. The molecule has 17 heavy (non-hydrogen) atoms. The number of benzene rings is 1. The number of rotatable bonds is 3. The van der Waals surface area contributed by atoms with Crippen molar-refractivity contribution in [1.82, 2.24) is 0 Å². The second-order valence-electron chi connectivity index (χ2n) is 3.61. The molecule has 0 bridgehead atoms. The molecule has 0 unspecified atom stereocenters. The molecule has 0 N–H and O–H groups in total. The Hall–Kier alpha value is -1.97. The van der Waals surface area contributed by atoms with Crippen LogP contribution in [0.25, 0.3) is 0 Å². The van der Waals surface area contributed by atoms with E-state index in [1.54, 1.807) is 6.07 Å². The molecule has 88 valence electrons. The molecule has 0 aliphatic heterocycles. The van der Waals surface area contributed by atoms with Gasteiger partial charge >= 0.3 is 0 Å². The van der Waals surface area contributed by atoms with Crippen molar-refractivity contribution in [3.63, 3.8) is 0 Å². The van der Waals surface area contributed by atoms with E-state index in [-0.39, 0.29) is 11.3 Å². The maximum Gasteiger partial charge on any atom is 0.228 e. The summed E-state index contributed by atoms with van der Waals surface area (Å²) in [5, 5.41) is 0. The van der Waals surface area contributed by atoms with E-state index in [4.69, 9.17) is 4.42 Å². The van der Waals surface area contributed by atoms with E-state index in [0.717, 1.165) is 18.2 Å². The van der Waals surface area contributed by atoms with Gasteiger partial charge in [-0.1, -0.05) is 6.92 Å². The summed E-state index contributed by atoms with van der Waals surface area (Å²) in [6.07, 6.45) is 0.658. The molecule has 1 aromatic heterocycles. The minimum atomic E-state index is -0.782. The molecule has 4 heteroatoms. The molecular weight excluding hydrogens is 226 g/mol. The lowest BCUT2D eigenvalue weighted by molar-refractivity contribution is 0.101. The van der Waals surface area contributed by atoms with Crippen LogP contribution < -0.4 is 0 Å². The fraction of sp³-hybridized carbons (Fsp3) is 0.154. The summed E-state index contributed by atoms with van der Waals surface area (Å²) < 4.78 is 31.1. The van der Waals surface area contributed by atoms with Crippen LogP contribution in [0.2, 0.25) is 0 Å². The Labute approximate surface area is 96.9 Å². The summed E-state index contributed by atoms with van der Waals surface area (Å²) in [6, 6.07) is 5.86. The predicted molar refractivity (Wildman–Crippen MR) is 57.9 cm³/mol. The minimum Gasteiger partial charge on any atom is -0.458 e. The molecule has 2 aromatic rings. The third-order valence-corrected chi connectivity index (χ3v) is 2.36. The highest BCUT2D eigenvalue weighted by Gasteiger charge is 2.15. The molecule has 0 aliphatic rings. The molecule has 0 atom stereocenters. The van der Waals surface area contributed by atoms with Crippen molar-refractivity contribution in [2.75, 3.05) is 0 Å². The molecule has 2 rings (SSSR count). The normalized spacial score (nSPS) is 10.5. The van der Waals surface area contributed by atoms with Gasteiger partial charge in [-0.05, 0) is 24.3 Å². The van der Waals surface area contributed by atoms with Gasteiger partial charge in [-0.2, -0.15) is 0 Å². The Morgan fingerprint density at radius 1 is 1.18 bits per heavy atom. The molecule has 0 amide bonds. The molecule has 1 aromatic carbocycles. The first-order chi connectivity index (χ1) is 8.10. The van der Waals surface area contributed by atoms with Crippen LogP contribution in [0.15, 0.2) is 34.7 Å². The van der Waals surface area contributed by atoms with E-state index in [0.29, 0.717) is 12.2 Å². The zero-order valence-electron chi connectivity index (χ0n) is 9.17. The van der Waals surface area contributed by atoms with Crippen molar-refractivity contribution < 1.29 is 18.0 Å². The molecule has 0 fully saturated rings. The molecule has 0 spiro atoms. The molecule has 0 saturated heterocycles. The Balaban J connectivity index is 2.36. The third kappa shape index (κ3) is 2.41. The largest absolute Gasteiger partial charge is 0.458 e. The van der Waals surface area contributed by atoms with E-state index < -0.39 is 17.4 Å². The Morgan fingerprint density at radius 2 is 1.82 bits per heavy atom. The van der Waals surface area contributed by atoms with Gasteiger partial charge in [-0.3, -0.25) is 4.79 Å². The summed E-state index contributed by atoms with van der Waals surface area (Å²) >= 11 is 0. The molecular formula is C13H10F2O2. The maximum atomic E-state index is 13.0. The van der Waals surface area contributed by atoms with Gasteiger partial charge < -0.3 is 4.42 Å². The topological polar surface area (TPSA) is 30.2 Å². The first kappa shape index (κ1) is 11.5. The van der Waals surface area contributed by atoms with Gasteiger partial charge in [0.1, 0.15) is 17.4 Å². The van der Waals surface area contributed by atoms with Crippen LogP contribution in [0.4, 0.5) is 8.78 Å². The van der Waals surface area contributed by atoms with Crippen LogP contribution in [-0.4, -0.2) is 5.78 Å². The van der Waals surface area contributed by atoms with Gasteiger partial charge in [0.05, 0.1) is 0 Å². The van der Waals surface area contributed by atoms with Crippen LogP contribution in [0.1, 0.15) is 28.8 Å². The maximum absolute atomic E-state index is 13.0. The Kier molecular flexibility index (Phi) is 3.04. The number of hydrogen-bond donors (Lipinski definition) is 0. The van der Waals surface area contributed by atoms with E-state index >= 15 is 0 Å². The average Bonchev–Trinajstić information content (AvgIpc) is 2.75. The SMILES string of the molecule is CCc1ccc(C(=O)c2cc(F)cc(F)c2)o1. The Bertz CT molecular complexity index is 538. The van der Waals surface area contributed by atoms with Crippen molar-refractivity contribution in [3.05, 3.63) is 59.1 Å². The number of ketones is 1. The number of carbonyl (C=O) groups excluding carboxylic acids is 1. The van der Waals surface area contributed by atoms with E-state index in [9.17, 15) is 13.6 Å². The highest BCUT2D eigenvalue weighted by Crippen LogP contribution is 2.16. The Morgan fingerprint density at radius 3 is 2.35 bits per heavy atom. The van der Waals surface area contributed by atoms with Gasteiger partial charge in [-0.25, -0.2) is 8.78 Å². The predicted octanol–water partition coefficient (Wildman–Crippen LogP) is 3.35. The monoisotopic (exact) mass is 236 g/mol. The molecule has 0 saturated carbocycles. The lowest BCUT2D eigenvalue weighted by Crippen LogP contribution is -2.01. The highest BCUT2D eigenvalue weighted by molar-refractivity contribution is 6.07. The number of aryl methyl sites for hydroxylation is 1. The minimum absolute atomic E-state index is 0.0560. The highest BCUT2D eigenvalue weighted by atomic mass is 19.1. The van der Waals surface area contributed by atoms with Gasteiger partial charge in [0.2, 0.25) is 5.78 Å². The summed E-state index contributed by atoms with van der Waals surface area (Å²) in [5.74, 6) is -1.34. The standard InChI is InChI=1S/C13H10F2O2/c1-2-11-3-4-12(17-11)13(16)8-5-9(14)7-10(15)6-8/h3-7H,2H2,1H3. The second-order valence-corrected chi connectivity index (χ2v) is 3.61. The summed E-state index contributed by atoms with van der Waals surface area (Å²) in [7, 11) is 0. The van der Waals surface area contributed by atoms with Crippen molar-refractivity contribution in [3.8, 4) is 0 Å². The number of carbonyl (C=O) groups is 1. The lowest BCUT2D eigenvalue weighted by Gasteiger charge is -1.99. The van der Waals surface area contributed by atoms with Gasteiger partial charge in [0, 0.05) is 18.1 Å². The van der Waals surface area contributed by atoms with Crippen molar-refractivity contribution >= 4 is 5.78 Å². The lowest BCUT2D eigenvalue weighted by atomic mass is 10.1. The zero-order valence-corrected chi connectivity index (χ0v) is 9.17. The first-order valence-corrected chi connectivity index (χ1v) is 5.19. The van der Waals surface area contributed by atoms with Gasteiger partial charge in [0.25, 0.3) is 0 Å². The second kappa shape index (κ2) is 4.49. The molecule has 0 aliphatic carbocycles. The van der Waals surface area contributed by atoms with Crippen molar-refractivity contribution in [2.45, 2.75) is 13.3 Å².